The lowest BCUT2D eigenvalue weighted by molar-refractivity contribution is -0.683. The van der Waals surface area contributed by atoms with E-state index in [2.05, 4.69) is 18.8 Å². The number of rotatable bonds is 21. The van der Waals surface area contributed by atoms with Crippen LogP contribution in [-0.4, -0.2) is 23.3 Å². The summed E-state index contributed by atoms with van der Waals surface area (Å²) in [5.74, 6) is 1.38. The van der Waals surface area contributed by atoms with Gasteiger partial charge in [0.25, 0.3) is 0 Å². The van der Waals surface area contributed by atoms with Gasteiger partial charge in [-0.15, -0.1) is 0 Å². The number of unbranched alkanes of at least 4 members (excludes halogenated alkanes) is 17. The third-order valence-corrected chi connectivity index (χ3v) is 6.89. The van der Waals surface area contributed by atoms with Crippen molar-refractivity contribution in [3.8, 4) is 0 Å². The number of carbonyl (C=O) groups is 1. The van der Waals surface area contributed by atoms with Gasteiger partial charge in [-0.25, -0.2) is 9.79 Å². The Bertz CT molecular complexity index is 511. The van der Waals surface area contributed by atoms with E-state index in [1.807, 2.05) is 19.4 Å². The molecule has 1 atom stereocenters. The number of aliphatic imine (C=N–C) groups is 1. The minimum absolute atomic E-state index is 0.321. The van der Waals surface area contributed by atoms with Crippen molar-refractivity contribution in [2.24, 2.45) is 4.99 Å². The second-order valence-electron chi connectivity index (χ2n) is 9.82. The van der Waals surface area contributed by atoms with E-state index >= 15 is 0 Å². The van der Waals surface area contributed by atoms with Crippen molar-refractivity contribution in [2.75, 3.05) is 7.05 Å². The molecule has 3 heteroatoms. The summed E-state index contributed by atoms with van der Waals surface area (Å²) in [7, 11) is 2.04. The Morgan fingerprint density at radius 3 is 1.58 bits per heavy atom. The average Bonchev–Trinajstić information content (AvgIpc) is 3.15. The van der Waals surface area contributed by atoms with E-state index in [1.165, 1.54) is 109 Å². The lowest BCUT2D eigenvalue weighted by atomic mass is 10.0. The van der Waals surface area contributed by atoms with Crippen molar-refractivity contribution in [1.82, 2.24) is 0 Å². The number of amidine groups is 1. The molecule has 0 aromatic carbocycles. The van der Waals surface area contributed by atoms with Crippen LogP contribution in [0.3, 0.4) is 0 Å². The maximum Gasteiger partial charge on any atom is 0.324 e. The smallest absolute Gasteiger partial charge is 0.230 e. The minimum atomic E-state index is 0.321. The van der Waals surface area contributed by atoms with Gasteiger partial charge in [0.05, 0.1) is 19.7 Å². The van der Waals surface area contributed by atoms with Crippen molar-refractivity contribution in [1.29, 1.82) is 0 Å². The molecule has 0 radical (unpaired) electrons. The van der Waals surface area contributed by atoms with Gasteiger partial charge in [0.1, 0.15) is 6.20 Å². The van der Waals surface area contributed by atoms with Gasteiger partial charge in [-0.2, -0.15) is 4.48 Å². The predicted octanol–water partition coefficient (Wildman–Crippen LogP) is 9.07. The monoisotopic (exact) mass is 433 g/mol. The number of hydrogen-bond donors (Lipinski definition) is 0. The van der Waals surface area contributed by atoms with Gasteiger partial charge < -0.3 is 0 Å². The van der Waals surface area contributed by atoms with Crippen LogP contribution in [0.4, 0.5) is 0 Å². The fraction of sp³-hybridized carbons (Fsp3) is 0.857. The Balaban J connectivity index is 2.08. The molecule has 0 saturated heterocycles. The second-order valence-corrected chi connectivity index (χ2v) is 9.82. The Hall–Kier alpha value is -0.960. The van der Waals surface area contributed by atoms with Crippen LogP contribution >= 0.6 is 0 Å². The van der Waals surface area contributed by atoms with E-state index in [0.29, 0.717) is 16.8 Å². The molecule has 1 amide bonds. The zero-order valence-electron chi connectivity index (χ0n) is 21.3. The molecule has 0 aromatic rings. The highest BCUT2D eigenvalue weighted by molar-refractivity contribution is 5.90. The zero-order valence-corrected chi connectivity index (χ0v) is 21.3. The normalized spacial score (nSPS) is 18.0. The van der Waals surface area contributed by atoms with E-state index in [9.17, 15) is 4.79 Å². The van der Waals surface area contributed by atoms with Crippen molar-refractivity contribution in [3.05, 3.63) is 12.4 Å². The summed E-state index contributed by atoms with van der Waals surface area (Å²) in [5, 5.41) is 0. The Labute approximate surface area is 194 Å². The minimum Gasteiger partial charge on any atom is -0.230 e. The number of amides is 1. The average molecular weight is 434 g/mol. The van der Waals surface area contributed by atoms with Crippen molar-refractivity contribution in [2.45, 2.75) is 149 Å². The largest absolute Gasteiger partial charge is 0.324 e. The SMILES string of the molecule is CCCCCCCCCCCCCC1=NC=C[N+]1(C)C(=O)CCCCCCCCCC. The highest BCUT2D eigenvalue weighted by Gasteiger charge is 2.37. The zero-order chi connectivity index (χ0) is 22.6. The maximum absolute atomic E-state index is 12.9. The molecule has 1 rings (SSSR count). The van der Waals surface area contributed by atoms with Gasteiger partial charge in [-0.3, -0.25) is 0 Å². The van der Waals surface area contributed by atoms with Gasteiger partial charge in [0.2, 0.25) is 5.84 Å². The number of nitrogens with zero attached hydrogens (tertiary/aromatic N) is 2. The van der Waals surface area contributed by atoms with E-state index < -0.39 is 0 Å². The first-order chi connectivity index (χ1) is 15.1. The van der Waals surface area contributed by atoms with E-state index in [0.717, 1.165) is 25.1 Å². The molecule has 1 unspecified atom stereocenters. The molecule has 0 saturated carbocycles. The Morgan fingerprint density at radius 2 is 1.10 bits per heavy atom. The van der Waals surface area contributed by atoms with Crippen molar-refractivity contribution < 1.29 is 9.28 Å². The number of hydrogen-bond acceptors (Lipinski definition) is 2. The second kappa shape index (κ2) is 18.6. The van der Waals surface area contributed by atoms with Gasteiger partial charge >= 0.3 is 5.91 Å². The number of quaternary nitrogens is 1. The summed E-state index contributed by atoms with van der Waals surface area (Å²) in [6.45, 7) is 4.54. The summed E-state index contributed by atoms with van der Waals surface area (Å²) in [5.41, 5.74) is 0. The third kappa shape index (κ3) is 12.6. The van der Waals surface area contributed by atoms with Crippen LogP contribution in [0, 0.1) is 0 Å². The topological polar surface area (TPSA) is 29.4 Å². The molecule has 3 nitrogen and oxygen atoms in total. The predicted molar refractivity (Wildman–Crippen MR) is 136 cm³/mol. The quantitative estimate of drug-likeness (QED) is 0.131. The molecule has 1 aliphatic heterocycles. The molecular formula is C28H53N2O+. The lowest BCUT2D eigenvalue weighted by Crippen LogP contribution is -2.47. The fourth-order valence-corrected chi connectivity index (χ4v) is 4.57. The first-order valence-corrected chi connectivity index (χ1v) is 13.8. The molecule has 1 heterocycles. The molecule has 0 bridgehead atoms. The number of carbonyl (C=O) groups excluding carboxylic acids is 1. The van der Waals surface area contributed by atoms with Crippen LogP contribution in [0.1, 0.15) is 149 Å². The van der Waals surface area contributed by atoms with Gasteiger partial charge in [-0.05, 0) is 12.8 Å². The van der Waals surface area contributed by atoms with E-state index in [1.54, 1.807) is 0 Å². The molecule has 0 aromatic heterocycles. The molecule has 0 fully saturated rings. The standard InChI is InChI=1S/C28H53N2O/c1-4-6-8-10-12-14-15-16-17-19-21-23-27-29-25-26-30(27,3)28(31)24-22-20-18-13-11-9-7-5-2/h25-26H,4-24H2,1-3H3/q+1. The van der Waals surface area contributed by atoms with E-state index in [4.69, 9.17) is 0 Å². The first-order valence-electron chi connectivity index (χ1n) is 13.8. The fourth-order valence-electron chi connectivity index (χ4n) is 4.57. The molecule has 180 valence electrons. The van der Waals surface area contributed by atoms with Crippen LogP contribution in [-0.2, 0) is 4.79 Å². The van der Waals surface area contributed by atoms with Gasteiger partial charge in [0, 0.05) is 6.42 Å². The molecule has 0 N–H and O–H groups in total. The highest BCUT2D eigenvalue weighted by Crippen LogP contribution is 2.22. The summed E-state index contributed by atoms with van der Waals surface area (Å²) >= 11 is 0. The van der Waals surface area contributed by atoms with Crippen LogP contribution in [0.15, 0.2) is 17.4 Å². The summed E-state index contributed by atoms with van der Waals surface area (Å²) in [4.78, 5) is 17.5. The van der Waals surface area contributed by atoms with Crippen molar-refractivity contribution >= 4 is 11.7 Å². The summed E-state index contributed by atoms with van der Waals surface area (Å²) < 4.78 is 0.328. The molecular weight excluding hydrogens is 380 g/mol. The van der Waals surface area contributed by atoms with Gasteiger partial charge in [-0.1, -0.05) is 123 Å². The summed E-state index contributed by atoms with van der Waals surface area (Å²) in [6.07, 6.45) is 30.6. The molecule has 31 heavy (non-hydrogen) atoms. The summed E-state index contributed by atoms with van der Waals surface area (Å²) in [6, 6.07) is 0. The van der Waals surface area contributed by atoms with Crippen LogP contribution in [0.2, 0.25) is 0 Å². The lowest BCUT2D eigenvalue weighted by Gasteiger charge is -2.25. The first kappa shape index (κ1) is 28.1. The van der Waals surface area contributed by atoms with Gasteiger partial charge in [0.15, 0.2) is 0 Å². The molecule has 0 spiro atoms. The Morgan fingerprint density at radius 1 is 0.677 bits per heavy atom. The van der Waals surface area contributed by atoms with Crippen LogP contribution in [0.25, 0.3) is 0 Å². The van der Waals surface area contributed by atoms with E-state index in [-0.39, 0.29) is 0 Å². The highest BCUT2D eigenvalue weighted by atomic mass is 16.2. The molecule has 1 aliphatic rings. The Kier molecular flexibility index (Phi) is 16.8. The van der Waals surface area contributed by atoms with Crippen LogP contribution in [0.5, 0.6) is 0 Å². The third-order valence-electron chi connectivity index (χ3n) is 6.89. The van der Waals surface area contributed by atoms with Crippen LogP contribution < -0.4 is 0 Å². The van der Waals surface area contributed by atoms with Crippen molar-refractivity contribution in [3.63, 3.8) is 0 Å². The molecule has 0 aliphatic carbocycles. The maximum atomic E-state index is 12.9.